The van der Waals surface area contributed by atoms with Crippen molar-refractivity contribution in [3.05, 3.63) is 100 Å². The van der Waals surface area contributed by atoms with Crippen LogP contribution in [0.2, 0.25) is 5.02 Å². The Morgan fingerprint density at radius 3 is 2.56 bits per heavy atom. The first-order chi connectivity index (χ1) is 18.6. The molecule has 0 atom stereocenters. The van der Waals surface area contributed by atoms with E-state index in [0.29, 0.717) is 22.0 Å². The fourth-order valence-corrected chi connectivity index (χ4v) is 5.14. The van der Waals surface area contributed by atoms with E-state index in [1.54, 1.807) is 57.2 Å². The van der Waals surface area contributed by atoms with Crippen LogP contribution < -0.4 is 10.2 Å². The number of likely N-dealkylation sites (tertiary alicyclic amines) is 1. The van der Waals surface area contributed by atoms with Gasteiger partial charge >= 0.3 is 6.09 Å². The van der Waals surface area contributed by atoms with Crippen molar-refractivity contribution in [2.75, 3.05) is 23.3 Å². The second-order valence-electron chi connectivity index (χ2n) is 10.8. The molecule has 0 saturated carbocycles. The Kier molecular flexibility index (Phi) is 7.21. The molecule has 1 aliphatic heterocycles. The van der Waals surface area contributed by atoms with Crippen molar-refractivity contribution < 1.29 is 14.7 Å². The maximum Gasteiger partial charge on any atom is 0.412 e. The molecular formula is C31H31ClN4O3. The number of anilines is 2. The van der Waals surface area contributed by atoms with Crippen LogP contribution >= 0.6 is 11.6 Å². The first-order valence-electron chi connectivity index (χ1n) is 12.8. The molecule has 3 aromatic carbocycles. The predicted molar refractivity (Wildman–Crippen MR) is 158 cm³/mol. The van der Waals surface area contributed by atoms with Gasteiger partial charge in [-0.2, -0.15) is 0 Å². The van der Waals surface area contributed by atoms with Crippen LogP contribution in [0.4, 0.5) is 16.2 Å². The predicted octanol–water partition coefficient (Wildman–Crippen LogP) is 7.26. The highest BCUT2D eigenvalue weighted by molar-refractivity contribution is 6.32. The number of H-pyrrole nitrogens is 1. The highest BCUT2D eigenvalue weighted by atomic mass is 35.5. The Balaban J connectivity index is 1.24. The summed E-state index contributed by atoms with van der Waals surface area (Å²) in [6.07, 6.45) is 2.94. The van der Waals surface area contributed by atoms with Crippen LogP contribution in [0.5, 0.6) is 0 Å². The minimum absolute atomic E-state index is 0.364. The first-order valence-corrected chi connectivity index (χ1v) is 13.2. The van der Waals surface area contributed by atoms with Crippen LogP contribution in [0.3, 0.4) is 0 Å². The Hall–Kier alpha value is -4.07. The molecule has 1 fully saturated rings. The number of benzene rings is 3. The van der Waals surface area contributed by atoms with Gasteiger partial charge in [-0.05, 0) is 79.3 Å². The van der Waals surface area contributed by atoms with E-state index in [-0.39, 0.29) is 5.91 Å². The Morgan fingerprint density at radius 1 is 1.08 bits per heavy atom. The van der Waals surface area contributed by atoms with E-state index in [1.165, 1.54) is 21.4 Å². The zero-order valence-electron chi connectivity index (χ0n) is 22.2. The molecule has 7 nitrogen and oxygen atoms in total. The summed E-state index contributed by atoms with van der Waals surface area (Å²) in [4.78, 5) is 31.9. The zero-order chi connectivity index (χ0) is 27.7. The van der Waals surface area contributed by atoms with Crippen LogP contribution in [0.25, 0.3) is 17.0 Å². The van der Waals surface area contributed by atoms with Crippen LogP contribution in [0.15, 0.2) is 78.5 Å². The second kappa shape index (κ2) is 10.6. The first kappa shape index (κ1) is 26.5. The molecule has 0 bridgehead atoms. The molecule has 0 spiro atoms. The number of para-hydroxylation sites is 2. The lowest BCUT2D eigenvalue weighted by atomic mass is 10.0. The minimum atomic E-state index is -1.10. The Bertz CT molecular complexity index is 1580. The number of carbonyl (C=O) groups excluding carboxylic acids is 1. The lowest BCUT2D eigenvalue weighted by Gasteiger charge is -2.34. The molecule has 39 heavy (non-hydrogen) atoms. The number of carboxylic acid groups (broad SMARTS) is 1. The average Bonchev–Trinajstić information content (AvgIpc) is 3.31. The smallest absolute Gasteiger partial charge is 0.412 e. The maximum atomic E-state index is 13.1. The SMILES string of the molecule is CC(C)(C)N(C(=O)O)c1ccccc1NC(=O)c1ccc(C=C2CN(Cc3ccc4cc[nH]c4c3)C2)c(Cl)c1. The number of aromatic nitrogens is 1. The summed E-state index contributed by atoms with van der Waals surface area (Å²) in [6.45, 7) is 8.02. The monoisotopic (exact) mass is 542 g/mol. The van der Waals surface area contributed by atoms with Crippen LogP contribution in [-0.4, -0.2) is 45.6 Å². The molecule has 4 aromatic rings. The number of halogens is 1. The number of carbonyl (C=O) groups is 2. The quantitative estimate of drug-likeness (QED) is 0.239. The fourth-order valence-electron chi connectivity index (χ4n) is 4.91. The van der Waals surface area contributed by atoms with E-state index >= 15 is 0 Å². The van der Waals surface area contributed by atoms with Crippen molar-refractivity contribution in [3.63, 3.8) is 0 Å². The number of fused-ring (bicyclic) bond motifs is 1. The summed E-state index contributed by atoms with van der Waals surface area (Å²) in [5.74, 6) is -0.364. The van der Waals surface area contributed by atoms with Crippen molar-refractivity contribution in [2.45, 2.75) is 32.9 Å². The van der Waals surface area contributed by atoms with Gasteiger partial charge in [0.15, 0.2) is 0 Å². The normalized spacial score (nSPS) is 13.7. The Morgan fingerprint density at radius 2 is 1.85 bits per heavy atom. The highest BCUT2D eigenvalue weighted by Crippen LogP contribution is 2.32. The van der Waals surface area contributed by atoms with E-state index in [2.05, 4.69) is 45.5 Å². The summed E-state index contributed by atoms with van der Waals surface area (Å²) in [7, 11) is 0. The largest absolute Gasteiger partial charge is 0.465 e. The number of nitrogens with zero attached hydrogens (tertiary/aromatic N) is 2. The lowest BCUT2D eigenvalue weighted by molar-refractivity contribution is 0.102. The second-order valence-corrected chi connectivity index (χ2v) is 11.3. The summed E-state index contributed by atoms with van der Waals surface area (Å²) < 4.78 is 0. The van der Waals surface area contributed by atoms with Gasteiger partial charge in [0.05, 0.1) is 11.4 Å². The number of aromatic amines is 1. The van der Waals surface area contributed by atoms with Gasteiger partial charge in [-0.3, -0.25) is 14.6 Å². The highest BCUT2D eigenvalue weighted by Gasteiger charge is 2.30. The number of hydrogen-bond acceptors (Lipinski definition) is 3. The molecular weight excluding hydrogens is 512 g/mol. The van der Waals surface area contributed by atoms with Gasteiger partial charge in [-0.25, -0.2) is 4.79 Å². The van der Waals surface area contributed by atoms with E-state index in [1.807, 2.05) is 12.3 Å². The number of nitrogens with one attached hydrogen (secondary N) is 2. The van der Waals surface area contributed by atoms with Crippen molar-refractivity contribution in [1.82, 2.24) is 9.88 Å². The molecule has 200 valence electrons. The van der Waals surface area contributed by atoms with Crippen LogP contribution in [0.1, 0.15) is 42.3 Å². The van der Waals surface area contributed by atoms with Crippen LogP contribution in [-0.2, 0) is 6.54 Å². The van der Waals surface area contributed by atoms with Gasteiger partial charge in [-0.15, -0.1) is 0 Å². The van der Waals surface area contributed by atoms with Crippen LogP contribution in [0, 0.1) is 0 Å². The molecule has 1 aliphatic rings. The summed E-state index contributed by atoms with van der Waals surface area (Å²) >= 11 is 6.57. The number of rotatable bonds is 6. The molecule has 3 N–H and O–H groups in total. The van der Waals surface area contributed by atoms with Crippen molar-refractivity contribution >= 4 is 52.0 Å². The molecule has 0 aliphatic carbocycles. The number of hydrogen-bond donors (Lipinski definition) is 3. The van der Waals surface area contributed by atoms with E-state index < -0.39 is 11.6 Å². The topological polar surface area (TPSA) is 88.7 Å². The fraction of sp³-hybridized carbons (Fsp3) is 0.226. The van der Waals surface area contributed by atoms with Gasteiger partial charge in [0, 0.05) is 47.5 Å². The molecule has 0 unspecified atom stereocenters. The standard InChI is InChI=1S/C31H31ClN4O3/c1-31(2,3)36(30(38)39)28-7-5-4-6-26(28)34-29(37)24-11-10-23(25(32)16-24)14-21-18-35(19-21)17-20-8-9-22-12-13-33-27(22)15-20/h4-16,33H,17-19H2,1-3H3,(H,34,37)(H,38,39). The number of amides is 2. The van der Waals surface area contributed by atoms with Crippen molar-refractivity contribution in [1.29, 1.82) is 0 Å². The summed E-state index contributed by atoms with van der Waals surface area (Å²) in [6, 6.07) is 20.7. The summed E-state index contributed by atoms with van der Waals surface area (Å²) in [5.41, 5.74) is 5.07. The third kappa shape index (κ3) is 5.85. The Labute approximate surface area is 232 Å². The van der Waals surface area contributed by atoms with Gasteiger partial charge in [0.2, 0.25) is 0 Å². The molecule has 5 rings (SSSR count). The maximum absolute atomic E-state index is 13.1. The van der Waals surface area contributed by atoms with Gasteiger partial charge in [0.25, 0.3) is 5.91 Å². The van der Waals surface area contributed by atoms with Crippen molar-refractivity contribution in [2.24, 2.45) is 0 Å². The zero-order valence-corrected chi connectivity index (χ0v) is 22.9. The molecule has 1 aromatic heterocycles. The molecule has 0 radical (unpaired) electrons. The third-order valence-electron chi connectivity index (χ3n) is 6.76. The summed E-state index contributed by atoms with van der Waals surface area (Å²) in [5, 5.41) is 14.4. The third-order valence-corrected chi connectivity index (χ3v) is 7.08. The molecule has 2 heterocycles. The molecule has 2 amide bonds. The lowest BCUT2D eigenvalue weighted by Crippen LogP contribution is -2.45. The van der Waals surface area contributed by atoms with E-state index in [9.17, 15) is 14.7 Å². The average molecular weight is 543 g/mol. The van der Waals surface area contributed by atoms with E-state index in [4.69, 9.17) is 11.6 Å². The molecule has 1 saturated heterocycles. The van der Waals surface area contributed by atoms with E-state index in [0.717, 1.165) is 30.7 Å². The van der Waals surface area contributed by atoms with Gasteiger partial charge in [-0.1, -0.05) is 48.0 Å². The molecule has 8 heteroatoms. The van der Waals surface area contributed by atoms with Crippen molar-refractivity contribution in [3.8, 4) is 0 Å². The van der Waals surface area contributed by atoms with Gasteiger partial charge < -0.3 is 15.4 Å². The van der Waals surface area contributed by atoms with Gasteiger partial charge in [0.1, 0.15) is 0 Å². The minimum Gasteiger partial charge on any atom is -0.465 e.